The van der Waals surface area contributed by atoms with Crippen LogP contribution < -0.4 is 5.32 Å². The Morgan fingerprint density at radius 3 is 3.00 bits per heavy atom. The Balaban J connectivity index is 2.05. The summed E-state index contributed by atoms with van der Waals surface area (Å²) in [5, 5.41) is 3.04. The number of nitrogens with one attached hydrogen (secondary N) is 2. The normalized spacial score (nSPS) is 10.9. The van der Waals surface area contributed by atoms with Crippen LogP contribution in [0.4, 0.5) is 0 Å². The van der Waals surface area contributed by atoms with Crippen LogP contribution in [0.3, 0.4) is 0 Å². The molecule has 0 aliphatic heterocycles. The third-order valence-electron chi connectivity index (χ3n) is 3.04. The number of fused-ring (bicyclic) bond motifs is 1. The number of imidazole rings is 1. The van der Waals surface area contributed by atoms with Crippen molar-refractivity contribution in [3.63, 3.8) is 0 Å². The Labute approximate surface area is 113 Å². The third kappa shape index (κ3) is 3.32. The summed E-state index contributed by atoms with van der Waals surface area (Å²) in [6.45, 7) is 5.73. The van der Waals surface area contributed by atoms with Crippen molar-refractivity contribution < 1.29 is 4.79 Å². The molecule has 2 rings (SSSR count). The second-order valence-corrected chi connectivity index (χ2v) is 4.70. The highest BCUT2D eigenvalue weighted by molar-refractivity contribution is 5.78. The Morgan fingerprint density at radius 2 is 2.26 bits per heavy atom. The quantitative estimate of drug-likeness (QED) is 0.855. The minimum Gasteiger partial charge on any atom is -0.342 e. The first kappa shape index (κ1) is 13.5. The Hall–Kier alpha value is -1.88. The average molecular weight is 260 g/mol. The molecule has 102 valence electrons. The molecule has 2 N–H and O–H groups in total. The SMILES string of the molecule is CCNCC(=O)N(C)Cc1ccc2nc(C)[nH]c2c1. The fourth-order valence-corrected chi connectivity index (χ4v) is 2.01. The smallest absolute Gasteiger partial charge is 0.236 e. The first-order valence-corrected chi connectivity index (χ1v) is 6.50. The number of hydrogen-bond donors (Lipinski definition) is 2. The summed E-state index contributed by atoms with van der Waals surface area (Å²) < 4.78 is 0. The second-order valence-electron chi connectivity index (χ2n) is 4.70. The largest absolute Gasteiger partial charge is 0.342 e. The number of rotatable bonds is 5. The van der Waals surface area contributed by atoms with Gasteiger partial charge in [-0.15, -0.1) is 0 Å². The number of benzene rings is 1. The molecular weight excluding hydrogens is 240 g/mol. The molecule has 0 saturated carbocycles. The molecule has 0 aliphatic rings. The van der Waals surface area contributed by atoms with Gasteiger partial charge in [-0.3, -0.25) is 4.79 Å². The van der Waals surface area contributed by atoms with Crippen LogP contribution in [0.2, 0.25) is 0 Å². The monoisotopic (exact) mass is 260 g/mol. The highest BCUT2D eigenvalue weighted by Gasteiger charge is 2.09. The maximum Gasteiger partial charge on any atom is 0.236 e. The molecule has 0 saturated heterocycles. The molecule has 5 heteroatoms. The van der Waals surface area contributed by atoms with Crippen molar-refractivity contribution in [1.29, 1.82) is 0 Å². The lowest BCUT2D eigenvalue weighted by Gasteiger charge is -2.17. The maximum atomic E-state index is 11.8. The molecule has 1 heterocycles. The van der Waals surface area contributed by atoms with E-state index < -0.39 is 0 Å². The number of aryl methyl sites for hydroxylation is 1. The van der Waals surface area contributed by atoms with E-state index in [1.807, 2.05) is 39.1 Å². The minimum absolute atomic E-state index is 0.0998. The lowest BCUT2D eigenvalue weighted by molar-refractivity contribution is -0.129. The minimum atomic E-state index is 0.0998. The first-order valence-electron chi connectivity index (χ1n) is 6.50. The van der Waals surface area contributed by atoms with Crippen LogP contribution in [0.25, 0.3) is 11.0 Å². The maximum absolute atomic E-state index is 11.8. The number of carbonyl (C=O) groups excluding carboxylic acids is 1. The van der Waals surface area contributed by atoms with Gasteiger partial charge in [0, 0.05) is 13.6 Å². The number of nitrogens with zero attached hydrogens (tertiary/aromatic N) is 2. The number of hydrogen-bond acceptors (Lipinski definition) is 3. The second kappa shape index (κ2) is 5.84. The number of aromatic nitrogens is 2. The van der Waals surface area contributed by atoms with Crippen molar-refractivity contribution in [3.8, 4) is 0 Å². The molecule has 1 amide bonds. The van der Waals surface area contributed by atoms with Crippen molar-refractivity contribution in [2.75, 3.05) is 20.1 Å². The fraction of sp³-hybridized carbons (Fsp3) is 0.429. The van der Waals surface area contributed by atoms with Crippen LogP contribution in [0.1, 0.15) is 18.3 Å². The van der Waals surface area contributed by atoms with Crippen molar-refractivity contribution in [2.45, 2.75) is 20.4 Å². The van der Waals surface area contributed by atoms with E-state index in [2.05, 4.69) is 15.3 Å². The van der Waals surface area contributed by atoms with E-state index >= 15 is 0 Å². The van der Waals surface area contributed by atoms with Gasteiger partial charge in [0.05, 0.1) is 17.6 Å². The molecule has 19 heavy (non-hydrogen) atoms. The zero-order chi connectivity index (χ0) is 13.8. The van der Waals surface area contributed by atoms with Crippen molar-refractivity contribution >= 4 is 16.9 Å². The summed E-state index contributed by atoms with van der Waals surface area (Å²) in [6, 6.07) is 6.04. The van der Waals surface area contributed by atoms with Crippen LogP contribution in [0.5, 0.6) is 0 Å². The molecular formula is C14H20N4O. The summed E-state index contributed by atoms with van der Waals surface area (Å²) in [5.41, 5.74) is 3.08. The van der Waals surface area contributed by atoms with Gasteiger partial charge in [0.1, 0.15) is 5.82 Å². The number of carbonyl (C=O) groups is 1. The van der Waals surface area contributed by atoms with Gasteiger partial charge in [-0.1, -0.05) is 13.0 Å². The molecule has 1 aromatic heterocycles. The van der Waals surface area contributed by atoms with E-state index in [-0.39, 0.29) is 5.91 Å². The van der Waals surface area contributed by atoms with Gasteiger partial charge in [0.15, 0.2) is 0 Å². The van der Waals surface area contributed by atoms with Gasteiger partial charge in [0.2, 0.25) is 5.91 Å². The predicted octanol–water partition coefficient (Wildman–Crippen LogP) is 1.44. The van der Waals surface area contributed by atoms with E-state index in [0.717, 1.165) is 29.0 Å². The Bertz CT molecular complexity index is 576. The topological polar surface area (TPSA) is 61.0 Å². The number of likely N-dealkylation sites (N-methyl/N-ethyl adjacent to an activating group) is 2. The molecule has 0 spiro atoms. The molecule has 0 bridgehead atoms. The summed E-state index contributed by atoms with van der Waals surface area (Å²) in [7, 11) is 1.82. The van der Waals surface area contributed by atoms with E-state index in [1.54, 1.807) is 4.90 Å². The summed E-state index contributed by atoms with van der Waals surface area (Å²) >= 11 is 0. The molecule has 0 atom stereocenters. The molecule has 0 radical (unpaired) electrons. The summed E-state index contributed by atoms with van der Waals surface area (Å²) in [5.74, 6) is 1.01. The van der Waals surface area contributed by atoms with Crippen LogP contribution in [-0.2, 0) is 11.3 Å². The molecule has 2 aromatic rings. The van der Waals surface area contributed by atoms with Gasteiger partial charge >= 0.3 is 0 Å². The van der Waals surface area contributed by atoms with Gasteiger partial charge in [-0.05, 0) is 31.2 Å². The van der Waals surface area contributed by atoms with Gasteiger partial charge < -0.3 is 15.2 Å². The summed E-state index contributed by atoms with van der Waals surface area (Å²) in [4.78, 5) is 21.1. The van der Waals surface area contributed by atoms with Gasteiger partial charge in [0.25, 0.3) is 0 Å². The van der Waals surface area contributed by atoms with Crippen molar-refractivity contribution in [3.05, 3.63) is 29.6 Å². The van der Waals surface area contributed by atoms with E-state index in [9.17, 15) is 4.79 Å². The highest BCUT2D eigenvalue weighted by Crippen LogP contribution is 2.14. The van der Waals surface area contributed by atoms with Crippen LogP contribution in [0, 0.1) is 6.92 Å². The van der Waals surface area contributed by atoms with Crippen molar-refractivity contribution in [2.24, 2.45) is 0 Å². The van der Waals surface area contributed by atoms with E-state index in [4.69, 9.17) is 0 Å². The standard InChI is InChI=1S/C14H20N4O/c1-4-15-8-14(19)18(3)9-11-5-6-12-13(7-11)17-10(2)16-12/h5-7,15H,4,8-9H2,1-3H3,(H,16,17). The van der Waals surface area contributed by atoms with Crippen LogP contribution >= 0.6 is 0 Å². The van der Waals surface area contributed by atoms with E-state index in [0.29, 0.717) is 13.1 Å². The van der Waals surface area contributed by atoms with Crippen LogP contribution in [-0.4, -0.2) is 40.9 Å². The predicted molar refractivity (Wildman–Crippen MR) is 75.8 cm³/mol. The molecule has 5 nitrogen and oxygen atoms in total. The van der Waals surface area contributed by atoms with Gasteiger partial charge in [-0.25, -0.2) is 4.98 Å². The van der Waals surface area contributed by atoms with Crippen molar-refractivity contribution in [1.82, 2.24) is 20.2 Å². The summed E-state index contributed by atoms with van der Waals surface area (Å²) in [6.07, 6.45) is 0. The number of H-pyrrole nitrogens is 1. The Kier molecular flexibility index (Phi) is 4.16. The number of amides is 1. The van der Waals surface area contributed by atoms with Gasteiger partial charge in [-0.2, -0.15) is 0 Å². The lowest BCUT2D eigenvalue weighted by atomic mass is 10.2. The molecule has 0 unspecified atom stereocenters. The fourth-order valence-electron chi connectivity index (χ4n) is 2.01. The Morgan fingerprint density at radius 1 is 1.47 bits per heavy atom. The molecule has 0 fully saturated rings. The zero-order valence-corrected chi connectivity index (χ0v) is 11.7. The number of aromatic amines is 1. The lowest BCUT2D eigenvalue weighted by Crippen LogP contribution is -2.35. The first-order chi connectivity index (χ1) is 9.10. The third-order valence-corrected chi connectivity index (χ3v) is 3.04. The molecule has 0 aliphatic carbocycles. The zero-order valence-electron chi connectivity index (χ0n) is 11.7. The van der Waals surface area contributed by atoms with Crippen LogP contribution in [0.15, 0.2) is 18.2 Å². The average Bonchev–Trinajstić information content (AvgIpc) is 2.75. The highest BCUT2D eigenvalue weighted by atomic mass is 16.2. The van der Waals surface area contributed by atoms with E-state index in [1.165, 1.54) is 0 Å². The molecule has 1 aromatic carbocycles.